The van der Waals surface area contributed by atoms with Crippen molar-refractivity contribution in [2.24, 2.45) is 0 Å². The van der Waals surface area contributed by atoms with Crippen LogP contribution in [0.5, 0.6) is 11.5 Å². The van der Waals surface area contributed by atoms with E-state index in [1.165, 1.54) is 11.1 Å². The predicted molar refractivity (Wildman–Crippen MR) is 149 cm³/mol. The molecule has 6 nitrogen and oxygen atoms in total. The van der Waals surface area contributed by atoms with Gasteiger partial charge in [-0.2, -0.15) is 0 Å². The SMILES string of the molecule is COCCCN(Cc1cccc(C)c1)Cc1ccc(C(O)(c2ccc(OC)cc2)c2ccc(OC)cc2)o1. The van der Waals surface area contributed by atoms with Gasteiger partial charge in [0.05, 0.1) is 20.8 Å². The maximum absolute atomic E-state index is 12.2. The number of hydrogen-bond acceptors (Lipinski definition) is 6. The maximum atomic E-state index is 12.2. The summed E-state index contributed by atoms with van der Waals surface area (Å²) in [5, 5.41) is 12.2. The normalized spacial score (nSPS) is 11.6. The molecule has 0 aliphatic heterocycles. The van der Waals surface area contributed by atoms with Gasteiger partial charge in [0.1, 0.15) is 23.0 Å². The van der Waals surface area contributed by atoms with Gasteiger partial charge >= 0.3 is 0 Å². The second-order valence-corrected chi connectivity index (χ2v) is 9.48. The Morgan fingerprint density at radius 1 is 0.789 bits per heavy atom. The Morgan fingerprint density at radius 3 is 1.97 bits per heavy atom. The second kappa shape index (κ2) is 12.8. The summed E-state index contributed by atoms with van der Waals surface area (Å²) in [6.07, 6.45) is 0.914. The minimum Gasteiger partial charge on any atom is -0.497 e. The molecular formula is C32H37NO5. The van der Waals surface area contributed by atoms with Crippen LogP contribution in [0.2, 0.25) is 0 Å². The number of rotatable bonds is 13. The van der Waals surface area contributed by atoms with Crippen LogP contribution in [-0.4, -0.2) is 44.5 Å². The largest absolute Gasteiger partial charge is 0.497 e. The summed E-state index contributed by atoms with van der Waals surface area (Å²) in [6, 6.07) is 27.2. The molecule has 4 aromatic rings. The number of ether oxygens (including phenoxy) is 3. The average molecular weight is 516 g/mol. The molecule has 0 saturated carbocycles. The summed E-state index contributed by atoms with van der Waals surface area (Å²) < 4.78 is 22.3. The van der Waals surface area contributed by atoms with Crippen molar-refractivity contribution in [2.75, 3.05) is 34.5 Å². The molecule has 4 rings (SSSR count). The topological polar surface area (TPSA) is 64.3 Å². The van der Waals surface area contributed by atoms with Crippen molar-refractivity contribution in [1.82, 2.24) is 4.90 Å². The van der Waals surface area contributed by atoms with Crippen molar-refractivity contribution < 1.29 is 23.7 Å². The van der Waals surface area contributed by atoms with E-state index in [1.807, 2.05) is 60.7 Å². The van der Waals surface area contributed by atoms with Gasteiger partial charge in [-0.3, -0.25) is 4.90 Å². The van der Waals surface area contributed by atoms with E-state index < -0.39 is 5.60 Å². The number of methoxy groups -OCH3 is 3. The third kappa shape index (κ3) is 6.45. The molecule has 38 heavy (non-hydrogen) atoms. The molecule has 200 valence electrons. The number of furan rings is 1. The van der Waals surface area contributed by atoms with Crippen LogP contribution in [0.3, 0.4) is 0 Å². The third-order valence-corrected chi connectivity index (χ3v) is 6.72. The lowest BCUT2D eigenvalue weighted by molar-refractivity contribution is 0.0946. The molecule has 0 fully saturated rings. The van der Waals surface area contributed by atoms with Gasteiger partial charge < -0.3 is 23.7 Å². The zero-order valence-electron chi connectivity index (χ0n) is 22.6. The van der Waals surface area contributed by atoms with Crippen LogP contribution in [0.15, 0.2) is 89.3 Å². The average Bonchev–Trinajstić information content (AvgIpc) is 3.42. The number of nitrogens with zero attached hydrogens (tertiary/aromatic N) is 1. The molecule has 0 amide bonds. The molecule has 1 heterocycles. The van der Waals surface area contributed by atoms with Crippen LogP contribution in [0.1, 0.15) is 40.2 Å². The number of hydrogen-bond donors (Lipinski definition) is 1. The summed E-state index contributed by atoms with van der Waals surface area (Å²) in [5.74, 6) is 2.67. The van der Waals surface area contributed by atoms with Crippen LogP contribution in [0, 0.1) is 6.92 Å². The van der Waals surface area contributed by atoms with Crippen molar-refractivity contribution in [3.8, 4) is 11.5 Å². The zero-order valence-corrected chi connectivity index (χ0v) is 22.6. The van der Waals surface area contributed by atoms with Crippen LogP contribution in [-0.2, 0) is 23.4 Å². The Labute approximate surface area is 225 Å². The van der Waals surface area contributed by atoms with E-state index in [2.05, 4.69) is 36.1 Å². The highest BCUT2D eigenvalue weighted by Gasteiger charge is 2.37. The fourth-order valence-corrected chi connectivity index (χ4v) is 4.71. The standard InChI is InChI=1S/C32H37NO5/c1-24-7-5-8-25(21-24)22-33(19-6-20-35-2)23-30-17-18-31(38-30)32(34,26-9-13-28(36-3)14-10-26)27-11-15-29(37-4)16-12-27/h5,7-18,21,34H,6,19-20,22-23H2,1-4H3. The van der Waals surface area contributed by atoms with Crippen molar-refractivity contribution in [2.45, 2.75) is 32.0 Å². The van der Waals surface area contributed by atoms with E-state index in [4.69, 9.17) is 18.6 Å². The molecule has 0 aliphatic rings. The Bertz CT molecular complexity index is 1230. The van der Waals surface area contributed by atoms with Gasteiger partial charge in [-0.1, -0.05) is 54.1 Å². The van der Waals surface area contributed by atoms with E-state index in [0.717, 1.165) is 25.3 Å². The first-order valence-corrected chi connectivity index (χ1v) is 12.8. The lowest BCUT2D eigenvalue weighted by Crippen LogP contribution is -2.28. The highest BCUT2D eigenvalue weighted by atomic mass is 16.5. The molecule has 0 spiro atoms. The Morgan fingerprint density at radius 2 is 1.42 bits per heavy atom. The van der Waals surface area contributed by atoms with Crippen LogP contribution in [0.25, 0.3) is 0 Å². The predicted octanol–water partition coefficient (Wildman–Crippen LogP) is 5.93. The number of benzene rings is 3. The molecule has 1 aromatic heterocycles. The first-order valence-electron chi connectivity index (χ1n) is 12.8. The maximum Gasteiger partial charge on any atom is 0.173 e. The first-order chi connectivity index (χ1) is 18.5. The van der Waals surface area contributed by atoms with E-state index in [1.54, 1.807) is 21.3 Å². The molecule has 0 unspecified atom stereocenters. The van der Waals surface area contributed by atoms with Gasteiger partial charge in [0.15, 0.2) is 5.60 Å². The fraction of sp³-hybridized carbons (Fsp3) is 0.312. The van der Waals surface area contributed by atoms with Gasteiger partial charge in [-0.05, 0) is 66.4 Å². The number of aryl methyl sites for hydroxylation is 1. The van der Waals surface area contributed by atoms with Crippen LogP contribution >= 0.6 is 0 Å². The van der Waals surface area contributed by atoms with E-state index in [-0.39, 0.29) is 0 Å². The van der Waals surface area contributed by atoms with Gasteiger partial charge in [0.25, 0.3) is 0 Å². The van der Waals surface area contributed by atoms with Gasteiger partial charge in [-0.25, -0.2) is 0 Å². The number of aliphatic hydroxyl groups is 1. The highest BCUT2D eigenvalue weighted by Crippen LogP contribution is 2.39. The van der Waals surface area contributed by atoms with Crippen molar-refractivity contribution in [3.05, 3.63) is 119 Å². The van der Waals surface area contributed by atoms with Crippen LogP contribution < -0.4 is 9.47 Å². The van der Waals surface area contributed by atoms with Crippen molar-refractivity contribution in [1.29, 1.82) is 0 Å². The third-order valence-electron chi connectivity index (χ3n) is 6.72. The first kappa shape index (κ1) is 27.5. The summed E-state index contributed by atoms with van der Waals surface area (Å²) in [6.45, 7) is 5.07. The minimum absolute atomic E-state index is 0.454. The zero-order chi connectivity index (χ0) is 27.0. The summed E-state index contributed by atoms with van der Waals surface area (Å²) in [4.78, 5) is 2.34. The molecular weight excluding hydrogens is 478 g/mol. The molecule has 0 atom stereocenters. The molecule has 0 bridgehead atoms. The van der Waals surface area contributed by atoms with E-state index in [9.17, 15) is 5.11 Å². The summed E-state index contributed by atoms with van der Waals surface area (Å²) in [7, 11) is 4.97. The van der Waals surface area contributed by atoms with E-state index >= 15 is 0 Å². The quantitative estimate of drug-likeness (QED) is 0.223. The smallest absolute Gasteiger partial charge is 0.173 e. The lowest BCUT2D eigenvalue weighted by atomic mass is 9.84. The molecule has 6 heteroatoms. The molecule has 3 aromatic carbocycles. The second-order valence-electron chi connectivity index (χ2n) is 9.48. The molecule has 0 aliphatic carbocycles. The molecule has 0 saturated heterocycles. The fourth-order valence-electron chi connectivity index (χ4n) is 4.71. The van der Waals surface area contributed by atoms with Crippen LogP contribution in [0.4, 0.5) is 0 Å². The Hall–Kier alpha value is -3.58. The lowest BCUT2D eigenvalue weighted by Gasteiger charge is -2.28. The minimum atomic E-state index is -1.49. The van der Waals surface area contributed by atoms with E-state index in [0.29, 0.717) is 41.5 Å². The monoisotopic (exact) mass is 515 g/mol. The highest BCUT2D eigenvalue weighted by molar-refractivity contribution is 5.46. The molecule has 1 N–H and O–H groups in total. The van der Waals surface area contributed by atoms with Crippen molar-refractivity contribution >= 4 is 0 Å². The molecule has 0 radical (unpaired) electrons. The van der Waals surface area contributed by atoms with Crippen molar-refractivity contribution in [3.63, 3.8) is 0 Å². The van der Waals surface area contributed by atoms with Gasteiger partial charge in [0, 0.05) is 26.8 Å². The summed E-state index contributed by atoms with van der Waals surface area (Å²) >= 11 is 0. The Balaban J connectivity index is 1.65. The van der Waals surface area contributed by atoms with Gasteiger partial charge in [-0.15, -0.1) is 0 Å². The van der Waals surface area contributed by atoms with Gasteiger partial charge in [0.2, 0.25) is 0 Å². The summed E-state index contributed by atoms with van der Waals surface area (Å²) in [5.41, 5.74) is 2.36. The Kier molecular flexibility index (Phi) is 9.24.